The van der Waals surface area contributed by atoms with E-state index in [2.05, 4.69) is 0 Å². The SMILES string of the molecule is CSCC[C@H](N)C(=O)C(O)C(N)CO. The molecule has 0 aliphatic heterocycles. The van der Waals surface area contributed by atoms with Crippen LogP contribution in [-0.4, -0.2) is 52.8 Å². The van der Waals surface area contributed by atoms with Crippen LogP contribution in [0.15, 0.2) is 0 Å². The second-order valence-corrected chi connectivity index (χ2v) is 4.07. The van der Waals surface area contributed by atoms with Gasteiger partial charge in [-0.05, 0) is 18.4 Å². The summed E-state index contributed by atoms with van der Waals surface area (Å²) in [5.74, 6) is 0.258. The van der Waals surface area contributed by atoms with Gasteiger partial charge in [-0.2, -0.15) is 11.8 Å². The summed E-state index contributed by atoms with van der Waals surface area (Å²) in [6, 6.07) is -1.64. The first kappa shape index (κ1) is 13.9. The van der Waals surface area contributed by atoms with Crippen LogP contribution in [0.5, 0.6) is 0 Å². The van der Waals surface area contributed by atoms with Crippen molar-refractivity contribution in [1.29, 1.82) is 0 Å². The molecule has 6 heteroatoms. The molecule has 0 rings (SSSR count). The molecule has 6 N–H and O–H groups in total. The Kier molecular flexibility index (Phi) is 7.12. The molecule has 0 amide bonds. The number of carbonyl (C=O) groups excluding carboxylic acids is 1. The predicted octanol–water partition coefficient (Wildman–Crippen LogP) is -1.68. The first-order valence-electron chi connectivity index (χ1n) is 4.37. The molecule has 14 heavy (non-hydrogen) atoms. The van der Waals surface area contributed by atoms with Crippen LogP contribution in [0, 0.1) is 0 Å². The number of carbonyl (C=O) groups is 1. The summed E-state index contributed by atoms with van der Waals surface area (Å²) in [7, 11) is 0. The molecule has 84 valence electrons. The number of thioether (sulfide) groups is 1. The van der Waals surface area contributed by atoms with E-state index in [1.807, 2.05) is 6.26 Å². The summed E-state index contributed by atoms with van der Waals surface area (Å²) in [6.07, 6.45) is 1.05. The summed E-state index contributed by atoms with van der Waals surface area (Å²) >= 11 is 1.58. The van der Waals surface area contributed by atoms with Crippen LogP contribution in [0.2, 0.25) is 0 Å². The second kappa shape index (κ2) is 7.19. The minimum atomic E-state index is -1.36. The van der Waals surface area contributed by atoms with E-state index in [9.17, 15) is 9.90 Å². The first-order chi connectivity index (χ1) is 6.54. The Morgan fingerprint density at radius 1 is 1.50 bits per heavy atom. The highest BCUT2D eigenvalue weighted by molar-refractivity contribution is 7.98. The molecule has 0 spiro atoms. The molecule has 0 fully saturated rings. The molecule has 0 saturated carbocycles. The lowest BCUT2D eigenvalue weighted by Crippen LogP contribution is -2.49. The van der Waals surface area contributed by atoms with Crippen LogP contribution >= 0.6 is 11.8 Å². The average molecular weight is 222 g/mol. The fourth-order valence-corrected chi connectivity index (χ4v) is 1.41. The third-order valence-electron chi connectivity index (χ3n) is 1.91. The Morgan fingerprint density at radius 2 is 2.07 bits per heavy atom. The fourth-order valence-electron chi connectivity index (χ4n) is 0.917. The maximum Gasteiger partial charge on any atom is 0.179 e. The zero-order valence-corrected chi connectivity index (χ0v) is 9.04. The van der Waals surface area contributed by atoms with Crippen molar-refractivity contribution in [3.63, 3.8) is 0 Å². The van der Waals surface area contributed by atoms with E-state index in [0.29, 0.717) is 6.42 Å². The number of aliphatic hydroxyl groups is 2. The third-order valence-corrected chi connectivity index (χ3v) is 2.55. The van der Waals surface area contributed by atoms with E-state index >= 15 is 0 Å². The van der Waals surface area contributed by atoms with Crippen molar-refractivity contribution in [2.45, 2.75) is 24.6 Å². The number of nitrogens with two attached hydrogens (primary N) is 2. The van der Waals surface area contributed by atoms with Gasteiger partial charge in [0.1, 0.15) is 6.10 Å². The number of rotatable bonds is 7. The molecule has 0 aliphatic rings. The Hall–Kier alpha value is -0.140. The second-order valence-electron chi connectivity index (χ2n) is 3.08. The van der Waals surface area contributed by atoms with E-state index in [-0.39, 0.29) is 0 Å². The van der Waals surface area contributed by atoms with Crippen molar-refractivity contribution >= 4 is 17.5 Å². The van der Waals surface area contributed by atoms with Crippen molar-refractivity contribution in [3.8, 4) is 0 Å². The largest absolute Gasteiger partial charge is 0.395 e. The monoisotopic (exact) mass is 222 g/mol. The van der Waals surface area contributed by atoms with E-state index in [1.165, 1.54) is 0 Å². The van der Waals surface area contributed by atoms with Crippen molar-refractivity contribution in [1.82, 2.24) is 0 Å². The molecule has 5 nitrogen and oxygen atoms in total. The molecule has 0 aromatic heterocycles. The normalized spacial score (nSPS) is 17.5. The van der Waals surface area contributed by atoms with Gasteiger partial charge in [0.15, 0.2) is 5.78 Å². The molecule has 0 heterocycles. The van der Waals surface area contributed by atoms with Crippen LogP contribution in [0.4, 0.5) is 0 Å². The quantitative estimate of drug-likeness (QED) is 0.409. The summed E-state index contributed by atoms with van der Waals surface area (Å²) in [4.78, 5) is 11.4. The summed E-state index contributed by atoms with van der Waals surface area (Å²) in [6.45, 7) is -0.428. The number of Topliss-reactive ketones (excluding diaryl/α,β-unsaturated/α-hetero) is 1. The molecule has 0 radical (unpaired) electrons. The Balaban J connectivity index is 4.03. The molecule has 0 aromatic carbocycles. The Labute approximate surface area is 87.8 Å². The van der Waals surface area contributed by atoms with Gasteiger partial charge in [-0.15, -0.1) is 0 Å². The lowest BCUT2D eigenvalue weighted by atomic mass is 10.0. The van der Waals surface area contributed by atoms with Gasteiger partial charge in [0, 0.05) is 0 Å². The summed E-state index contributed by atoms with van der Waals surface area (Å²) < 4.78 is 0. The van der Waals surface area contributed by atoms with Gasteiger partial charge in [-0.1, -0.05) is 0 Å². The van der Waals surface area contributed by atoms with Gasteiger partial charge in [0.2, 0.25) is 0 Å². The van der Waals surface area contributed by atoms with Gasteiger partial charge in [0.25, 0.3) is 0 Å². The zero-order chi connectivity index (χ0) is 11.1. The number of hydrogen-bond acceptors (Lipinski definition) is 6. The van der Waals surface area contributed by atoms with Gasteiger partial charge < -0.3 is 21.7 Å². The van der Waals surface area contributed by atoms with Crippen LogP contribution in [0.3, 0.4) is 0 Å². The molecule has 0 bridgehead atoms. The van der Waals surface area contributed by atoms with E-state index in [1.54, 1.807) is 11.8 Å². The van der Waals surface area contributed by atoms with Crippen molar-refractivity contribution < 1.29 is 15.0 Å². The smallest absolute Gasteiger partial charge is 0.179 e. The van der Waals surface area contributed by atoms with Gasteiger partial charge >= 0.3 is 0 Å². The minimum Gasteiger partial charge on any atom is -0.395 e. The van der Waals surface area contributed by atoms with Gasteiger partial charge in [0.05, 0.1) is 18.7 Å². The molecular formula is C8H18N2O3S. The van der Waals surface area contributed by atoms with Gasteiger partial charge in [-0.3, -0.25) is 4.79 Å². The average Bonchev–Trinajstić information content (AvgIpc) is 2.22. The topological polar surface area (TPSA) is 110 Å². The Morgan fingerprint density at radius 3 is 2.50 bits per heavy atom. The molecule has 3 atom stereocenters. The molecular weight excluding hydrogens is 204 g/mol. The molecule has 0 aliphatic carbocycles. The van der Waals surface area contributed by atoms with Crippen molar-refractivity contribution in [2.24, 2.45) is 11.5 Å². The highest BCUT2D eigenvalue weighted by atomic mass is 32.2. The van der Waals surface area contributed by atoms with Gasteiger partial charge in [-0.25, -0.2) is 0 Å². The third kappa shape index (κ3) is 4.39. The first-order valence-corrected chi connectivity index (χ1v) is 5.76. The van der Waals surface area contributed by atoms with Crippen LogP contribution in [0.1, 0.15) is 6.42 Å². The lowest BCUT2D eigenvalue weighted by Gasteiger charge is -2.18. The Bertz CT molecular complexity index is 180. The highest BCUT2D eigenvalue weighted by Gasteiger charge is 2.26. The maximum absolute atomic E-state index is 11.4. The molecule has 0 aromatic rings. The highest BCUT2D eigenvalue weighted by Crippen LogP contribution is 2.03. The predicted molar refractivity (Wildman–Crippen MR) is 57.0 cm³/mol. The van der Waals surface area contributed by atoms with Crippen molar-refractivity contribution in [2.75, 3.05) is 18.6 Å². The summed E-state index contributed by atoms with van der Waals surface area (Å²) in [5, 5.41) is 18.0. The van der Waals surface area contributed by atoms with Crippen LogP contribution in [0.25, 0.3) is 0 Å². The summed E-state index contributed by atoms with van der Waals surface area (Å²) in [5.41, 5.74) is 10.8. The van der Waals surface area contributed by atoms with Crippen molar-refractivity contribution in [3.05, 3.63) is 0 Å². The van der Waals surface area contributed by atoms with Crippen LogP contribution < -0.4 is 11.5 Å². The van der Waals surface area contributed by atoms with E-state index in [4.69, 9.17) is 16.6 Å². The minimum absolute atomic E-state index is 0.428. The number of hydrogen-bond donors (Lipinski definition) is 4. The number of aliphatic hydroxyl groups excluding tert-OH is 2. The maximum atomic E-state index is 11.4. The van der Waals surface area contributed by atoms with Crippen LogP contribution in [-0.2, 0) is 4.79 Å². The fraction of sp³-hybridized carbons (Fsp3) is 0.875. The van der Waals surface area contributed by atoms with E-state index < -0.39 is 30.6 Å². The lowest BCUT2D eigenvalue weighted by molar-refractivity contribution is -0.130. The standard InChI is InChI=1S/C8H18N2O3S/c1-14-3-2-5(9)7(12)8(13)6(10)4-11/h5-6,8,11,13H,2-4,9-10H2,1H3/t5-,6?,8?/m0/s1. The molecule has 2 unspecified atom stereocenters. The zero-order valence-electron chi connectivity index (χ0n) is 8.22. The van der Waals surface area contributed by atoms with E-state index in [0.717, 1.165) is 5.75 Å². The number of ketones is 1. The molecule has 0 saturated heterocycles.